The largest absolute Gasteiger partial charge is 0.481 e. The van der Waals surface area contributed by atoms with Crippen molar-refractivity contribution in [2.24, 2.45) is 5.92 Å². The summed E-state index contributed by atoms with van der Waals surface area (Å²) >= 11 is 0. The first-order valence-corrected chi connectivity index (χ1v) is 6.72. The Morgan fingerprint density at radius 1 is 1.44 bits per heavy atom. The van der Waals surface area contributed by atoms with Gasteiger partial charge in [-0.1, -0.05) is 13.3 Å². The number of carboxylic acid groups (broad SMARTS) is 1. The van der Waals surface area contributed by atoms with Gasteiger partial charge in [-0.2, -0.15) is 0 Å². The molecule has 104 valence electrons. The van der Waals surface area contributed by atoms with Crippen LogP contribution in [0.5, 0.6) is 0 Å². The molecule has 0 saturated carbocycles. The fourth-order valence-electron chi connectivity index (χ4n) is 2.11. The lowest BCUT2D eigenvalue weighted by molar-refractivity contribution is -0.138. The maximum Gasteiger partial charge on any atom is 0.303 e. The van der Waals surface area contributed by atoms with E-state index in [0.717, 1.165) is 32.3 Å². The van der Waals surface area contributed by atoms with Crippen molar-refractivity contribution in [2.75, 3.05) is 13.2 Å². The first-order chi connectivity index (χ1) is 8.61. The number of ether oxygens (including phenoxy) is 1. The van der Waals surface area contributed by atoms with Gasteiger partial charge in [0.15, 0.2) is 0 Å². The molecule has 0 radical (unpaired) electrons. The molecule has 2 N–H and O–H groups in total. The number of nitrogens with one attached hydrogen (secondary N) is 1. The molecular weight excluding hydrogens is 234 g/mol. The van der Waals surface area contributed by atoms with Crippen LogP contribution < -0.4 is 5.32 Å². The van der Waals surface area contributed by atoms with Crippen molar-refractivity contribution < 1.29 is 19.4 Å². The summed E-state index contributed by atoms with van der Waals surface area (Å²) in [4.78, 5) is 22.3. The van der Waals surface area contributed by atoms with E-state index in [2.05, 4.69) is 5.32 Å². The lowest BCUT2D eigenvalue weighted by atomic mass is 10.0. The third-order valence-corrected chi connectivity index (χ3v) is 3.32. The molecule has 0 aromatic rings. The van der Waals surface area contributed by atoms with Crippen molar-refractivity contribution in [1.29, 1.82) is 0 Å². The Hall–Kier alpha value is -1.10. The van der Waals surface area contributed by atoms with Gasteiger partial charge in [-0.25, -0.2) is 0 Å². The van der Waals surface area contributed by atoms with Crippen molar-refractivity contribution in [3.8, 4) is 0 Å². The molecule has 1 saturated heterocycles. The second kappa shape index (κ2) is 8.08. The predicted octanol–water partition coefficient (Wildman–Crippen LogP) is 1.56. The Labute approximate surface area is 108 Å². The van der Waals surface area contributed by atoms with Crippen LogP contribution in [0.15, 0.2) is 0 Å². The highest BCUT2D eigenvalue weighted by molar-refractivity contribution is 5.76. The molecule has 18 heavy (non-hydrogen) atoms. The number of amides is 1. The van der Waals surface area contributed by atoms with E-state index in [-0.39, 0.29) is 24.3 Å². The van der Waals surface area contributed by atoms with Crippen LogP contribution in [0.25, 0.3) is 0 Å². The highest BCUT2D eigenvalue weighted by atomic mass is 16.5. The fourth-order valence-corrected chi connectivity index (χ4v) is 2.11. The van der Waals surface area contributed by atoms with Crippen molar-refractivity contribution >= 4 is 11.9 Å². The number of carbonyl (C=O) groups excluding carboxylic acids is 1. The van der Waals surface area contributed by atoms with Gasteiger partial charge >= 0.3 is 5.97 Å². The zero-order chi connectivity index (χ0) is 13.4. The van der Waals surface area contributed by atoms with E-state index in [0.29, 0.717) is 13.0 Å². The molecule has 5 nitrogen and oxygen atoms in total. The molecule has 1 aliphatic rings. The molecule has 1 fully saturated rings. The summed E-state index contributed by atoms with van der Waals surface area (Å²) in [5.74, 6) is -0.837. The standard InChI is InChI=1S/C13H23NO4/c1-2-10(7-13(16)17)9-14-12(15)8-11-5-3-4-6-18-11/h10-11H,2-9H2,1H3,(H,14,15)(H,16,17). The van der Waals surface area contributed by atoms with E-state index in [1.54, 1.807) is 0 Å². The van der Waals surface area contributed by atoms with Crippen LogP contribution in [0.4, 0.5) is 0 Å². The molecule has 0 aromatic heterocycles. The first-order valence-electron chi connectivity index (χ1n) is 6.72. The highest BCUT2D eigenvalue weighted by Crippen LogP contribution is 2.15. The van der Waals surface area contributed by atoms with Gasteiger partial charge in [0.2, 0.25) is 5.91 Å². The number of carboxylic acids is 1. The molecule has 0 aromatic carbocycles. The van der Waals surface area contributed by atoms with Crippen LogP contribution in [-0.4, -0.2) is 36.2 Å². The Bertz CT molecular complexity index is 274. The monoisotopic (exact) mass is 257 g/mol. The van der Waals surface area contributed by atoms with Crippen LogP contribution >= 0.6 is 0 Å². The molecular formula is C13H23NO4. The second-order valence-corrected chi connectivity index (χ2v) is 4.87. The smallest absolute Gasteiger partial charge is 0.303 e. The van der Waals surface area contributed by atoms with Gasteiger partial charge in [0, 0.05) is 19.6 Å². The van der Waals surface area contributed by atoms with E-state index in [1.165, 1.54) is 0 Å². The van der Waals surface area contributed by atoms with Crippen molar-refractivity contribution in [3.05, 3.63) is 0 Å². The number of aliphatic carboxylic acids is 1. The third-order valence-electron chi connectivity index (χ3n) is 3.32. The molecule has 1 heterocycles. The van der Waals surface area contributed by atoms with Gasteiger partial charge in [0.1, 0.15) is 0 Å². The Balaban J connectivity index is 2.20. The summed E-state index contributed by atoms with van der Waals surface area (Å²) < 4.78 is 5.49. The van der Waals surface area contributed by atoms with E-state index in [1.807, 2.05) is 6.92 Å². The highest BCUT2D eigenvalue weighted by Gasteiger charge is 2.18. The molecule has 0 bridgehead atoms. The zero-order valence-electron chi connectivity index (χ0n) is 11.0. The van der Waals surface area contributed by atoms with E-state index in [4.69, 9.17) is 9.84 Å². The molecule has 5 heteroatoms. The Morgan fingerprint density at radius 2 is 2.22 bits per heavy atom. The van der Waals surface area contributed by atoms with Gasteiger partial charge in [-0.3, -0.25) is 9.59 Å². The number of carbonyl (C=O) groups is 2. The minimum atomic E-state index is -0.813. The van der Waals surface area contributed by atoms with Crippen LogP contribution in [-0.2, 0) is 14.3 Å². The zero-order valence-corrected chi connectivity index (χ0v) is 11.0. The SMILES string of the molecule is CCC(CNC(=O)CC1CCCCO1)CC(=O)O. The average Bonchev–Trinajstić information content (AvgIpc) is 2.35. The van der Waals surface area contributed by atoms with Crippen molar-refractivity contribution in [2.45, 2.75) is 51.6 Å². The van der Waals surface area contributed by atoms with Crippen LogP contribution in [0.2, 0.25) is 0 Å². The van der Waals surface area contributed by atoms with Gasteiger partial charge in [0.25, 0.3) is 0 Å². The summed E-state index contributed by atoms with van der Waals surface area (Å²) in [5.41, 5.74) is 0. The number of hydrogen-bond acceptors (Lipinski definition) is 3. The molecule has 1 aliphatic heterocycles. The minimum Gasteiger partial charge on any atom is -0.481 e. The number of hydrogen-bond donors (Lipinski definition) is 2. The lowest BCUT2D eigenvalue weighted by Crippen LogP contribution is -2.34. The van der Waals surface area contributed by atoms with Gasteiger partial charge < -0.3 is 15.2 Å². The molecule has 2 atom stereocenters. The van der Waals surface area contributed by atoms with Gasteiger partial charge in [-0.15, -0.1) is 0 Å². The molecule has 0 spiro atoms. The molecule has 0 aliphatic carbocycles. The lowest BCUT2D eigenvalue weighted by Gasteiger charge is -2.22. The van der Waals surface area contributed by atoms with Gasteiger partial charge in [0.05, 0.1) is 12.5 Å². The summed E-state index contributed by atoms with van der Waals surface area (Å²) in [5, 5.41) is 11.5. The number of rotatable bonds is 7. The summed E-state index contributed by atoms with van der Waals surface area (Å²) in [6.45, 7) is 3.12. The topological polar surface area (TPSA) is 75.6 Å². The average molecular weight is 257 g/mol. The van der Waals surface area contributed by atoms with E-state index in [9.17, 15) is 9.59 Å². The summed E-state index contributed by atoms with van der Waals surface area (Å²) in [6.07, 6.45) is 4.44. The summed E-state index contributed by atoms with van der Waals surface area (Å²) in [6, 6.07) is 0. The normalized spacial score (nSPS) is 21.3. The predicted molar refractivity (Wildman–Crippen MR) is 67.3 cm³/mol. The van der Waals surface area contributed by atoms with Crippen LogP contribution in [0.3, 0.4) is 0 Å². The first kappa shape index (κ1) is 15.0. The molecule has 1 rings (SSSR count). The van der Waals surface area contributed by atoms with E-state index >= 15 is 0 Å². The maximum atomic E-state index is 11.7. The van der Waals surface area contributed by atoms with Crippen molar-refractivity contribution in [3.63, 3.8) is 0 Å². The van der Waals surface area contributed by atoms with Crippen molar-refractivity contribution in [1.82, 2.24) is 5.32 Å². The quantitative estimate of drug-likeness (QED) is 0.725. The second-order valence-electron chi connectivity index (χ2n) is 4.87. The molecule has 1 amide bonds. The maximum absolute atomic E-state index is 11.7. The molecule has 2 unspecified atom stereocenters. The van der Waals surface area contributed by atoms with Crippen LogP contribution in [0, 0.1) is 5.92 Å². The summed E-state index contributed by atoms with van der Waals surface area (Å²) in [7, 11) is 0. The van der Waals surface area contributed by atoms with E-state index < -0.39 is 5.97 Å². The van der Waals surface area contributed by atoms with Gasteiger partial charge in [-0.05, 0) is 25.2 Å². The minimum absolute atomic E-state index is 0.0127. The third kappa shape index (κ3) is 6.00. The van der Waals surface area contributed by atoms with Crippen LogP contribution in [0.1, 0.15) is 45.4 Å². The Morgan fingerprint density at radius 3 is 2.78 bits per heavy atom. The Kier molecular flexibility index (Phi) is 6.72. The fraction of sp³-hybridized carbons (Fsp3) is 0.846.